The second-order valence-corrected chi connectivity index (χ2v) is 12.7. The van der Waals surface area contributed by atoms with Crippen molar-refractivity contribution in [1.29, 1.82) is 0 Å². The fourth-order valence-electron chi connectivity index (χ4n) is 8.92. The molecule has 0 nitrogen and oxygen atoms in total. The van der Waals surface area contributed by atoms with Crippen molar-refractivity contribution < 1.29 is 0 Å². The van der Waals surface area contributed by atoms with E-state index in [4.69, 9.17) is 0 Å². The molecule has 10 rings (SSSR count). The standard InChI is InChI=1S/C45H30/c1-4-16-28(17-5-1)37-31-22-10-13-25-34(31)40-43(37)41-35-26-14-11-23-32(35)38(29-18-6-2-7-19-29)45(41)42-36-27-15-12-24-33(36)39(44(40)42)30-20-8-3-9-21-30/h1-27,37-39H/t37-,38-,39-/m1/s1. The Morgan fingerprint density at radius 2 is 0.489 bits per heavy atom. The third-order valence-electron chi connectivity index (χ3n) is 10.5. The summed E-state index contributed by atoms with van der Waals surface area (Å²) < 4.78 is 0. The lowest BCUT2D eigenvalue weighted by molar-refractivity contribution is 0.978. The Morgan fingerprint density at radius 1 is 0.244 bits per heavy atom. The summed E-state index contributed by atoms with van der Waals surface area (Å²) >= 11 is 0. The SMILES string of the molecule is c1ccc([C@@H]2c3ccccc3-c3c2c2c(c4c3[C@H](c3ccccc3)c3ccccc3-4)[C@H](c3ccccc3)c3ccccc3-2)cc1. The van der Waals surface area contributed by atoms with Gasteiger partial charge in [-0.1, -0.05) is 164 Å². The highest BCUT2D eigenvalue weighted by Crippen LogP contribution is 2.66. The Labute approximate surface area is 264 Å². The molecule has 0 aliphatic heterocycles. The predicted octanol–water partition coefficient (Wildman–Crippen LogP) is 11.2. The van der Waals surface area contributed by atoms with Gasteiger partial charge in [-0.15, -0.1) is 0 Å². The highest BCUT2D eigenvalue weighted by atomic mass is 14.5. The quantitative estimate of drug-likeness (QED) is 0.198. The maximum atomic E-state index is 2.38. The van der Waals surface area contributed by atoms with Crippen molar-refractivity contribution in [1.82, 2.24) is 0 Å². The first-order valence-electron chi connectivity index (χ1n) is 16.1. The first kappa shape index (κ1) is 24.9. The molecule has 210 valence electrons. The summed E-state index contributed by atoms with van der Waals surface area (Å²) in [5.74, 6) is 0.498. The summed E-state index contributed by atoms with van der Waals surface area (Å²) in [6.45, 7) is 0. The van der Waals surface area contributed by atoms with Crippen LogP contribution in [0.15, 0.2) is 164 Å². The second-order valence-electron chi connectivity index (χ2n) is 12.7. The third-order valence-corrected chi connectivity index (χ3v) is 10.5. The molecule has 0 aromatic heterocycles. The van der Waals surface area contributed by atoms with E-state index in [-0.39, 0.29) is 17.8 Å². The predicted molar refractivity (Wildman–Crippen MR) is 185 cm³/mol. The van der Waals surface area contributed by atoms with Crippen molar-refractivity contribution in [3.63, 3.8) is 0 Å². The lowest BCUT2D eigenvalue weighted by Gasteiger charge is -2.25. The van der Waals surface area contributed by atoms with Gasteiger partial charge in [-0.25, -0.2) is 0 Å². The molecule has 0 saturated heterocycles. The minimum absolute atomic E-state index is 0.166. The average Bonchev–Trinajstić information content (AvgIpc) is 3.75. The lowest BCUT2D eigenvalue weighted by Crippen LogP contribution is -2.07. The Morgan fingerprint density at radius 3 is 0.778 bits per heavy atom. The molecule has 3 aliphatic rings. The summed E-state index contributed by atoms with van der Waals surface area (Å²) in [6, 6.07) is 61.2. The van der Waals surface area contributed by atoms with Crippen LogP contribution in [-0.4, -0.2) is 0 Å². The molecule has 7 aromatic carbocycles. The van der Waals surface area contributed by atoms with Crippen LogP contribution in [-0.2, 0) is 0 Å². The molecule has 0 saturated carbocycles. The molecule has 0 bridgehead atoms. The van der Waals surface area contributed by atoms with E-state index in [2.05, 4.69) is 164 Å². The molecule has 0 amide bonds. The lowest BCUT2D eigenvalue weighted by atomic mass is 9.77. The van der Waals surface area contributed by atoms with Gasteiger partial charge in [0.1, 0.15) is 0 Å². The van der Waals surface area contributed by atoms with Gasteiger partial charge in [0.15, 0.2) is 0 Å². The summed E-state index contributed by atoms with van der Waals surface area (Å²) in [5.41, 5.74) is 21.3. The van der Waals surface area contributed by atoms with Crippen LogP contribution in [0.4, 0.5) is 0 Å². The summed E-state index contributed by atoms with van der Waals surface area (Å²) in [4.78, 5) is 0. The summed E-state index contributed by atoms with van der Waals surface area (Å²) in [5, 5.41) is 0. The van der Waals surface area contributed by atoms with Crippen LogP contribution in [0.5, 0.6) is 0 Å². The van der Waals surface area contributed by atoms with Crippen LogP contribution >= 0.6 is 0 Å². The van der Waals surface area contributed by atoms with E-state index in [0.29, 0.717) is 0 Å². The maximum Gasteiger partial charge on any atom is 0.0358 e. The Balaban J connectivity index is 1.44. The normalized spacial score (nSPS) is 18.0. The molecule has 0 heteroatoms. The summed E-state index contributed by atoms with van der Waals surface area (Å²) in [6.07, 6.45) is 0. The second kappa shape index (κ2) is 9.52. The monoisotopic (exact) mass is 570 g/mol. The number of hydrogen-bond acceptors (Lipinski definition) is 0. The zero-order valence-electron chi connectivity index (χ0n) is 24.8. The van der Waals surface area contributed by atoms with E-state index in [9.17, 15) is 0 Å². The van der Waals surface area contributed by atoms with Gasteiger partial charge in [-0.2, -0.15) is 0 Å². The fraction of sp³-hybridized carbons (Fsp3) is 0.0667. The third kappa shape index (κ3) is 3.37. The van der Waals surface area contributed by atoms with Crippen LogP contribution < -0.4 is 0 Å². The minimum atomic E-state index is 0.166. The van der Waals surface area contributed by atoms with Gasteiger partial charge in [0.25, 0.3) is 0 Å². The van der Waals surface area contributed by atoms with E-state index in [1.54, 1.807) is 0 Å². The number of rotatable bonds is 3. The zero-order chi connectivity index (χ0) is 29.5. The van der Waals surface area contributed by atoms with Crippen LogP contribution in [0.3, 0.4) is 0 Å². The molecule has 7 aromatic rings. The molecule has 45 heavy (non-hydrogen) atoms. The number of fused-ring (bicyclic) bond motifs is 12. The Hall–Kier alpha value is -5.46. The minimum Gasteiger partial charge on any atom is -0.0622 e. The van der Waals surface area contributed by atoms with E-state index in [0.717, 1.165) is 0 Å². The fourth-order valence-corrected chi connectivity index (χ4v) is 8.92. The van der Waals surface area contributed by atoms with Crippen LogP contribution in [0.1, 0.15) is 67.8 Å². The van der Waals surface area contributed by atoms with Crippen molar-refractivity contribution in [2.45, 2.75) is 17.8 Å². The van der Waals surface area contributed by atoms with E-state index in [1.807, 2.05) is 0 Å². The topological polar surface area (TPSA) is 0 Å². The van der Waals surface area contributed by atoms with Crippen LogP contribution in [0.25, 0.3) is 33.4 Å². The first-order chi connectivity index (χ1) is 22.4. The summed E-state index contributed by atoms with van der Waals surface area (Å²) in [7, 11) is 0. The number of benzene rings is 7. The Kier molecular flexibility index (Phi) is 5.27. The first-order valence-corrected chi connectivity index (χ1v) is 16.1. The molecule has 3 atom stereocenters. The van der Waals surface area contributed by atoms with E-state index in [1.165, 1.54) is 83.5 Å². The van der Waals surface area contributed by atoms with Crippen molar-refractivity contribution in [3.05, 3.63) is 214 Å². The molecule has 0 unspecified atom stereocenters. The van der Waals surface area contributed by atoms with Gasteiger partial charge in [0, 0.05) is 17.8 Å². The van der Waals surface area contributed by atoms with Crippen molar-refractivity contribution >= 4 is 0 Å². The molecule has 0 radical (unpaired) electrons. The maximum absolute atomic E-state index is 2.38. The number of hydrogen-bond donors (Lipinski definition) is 0. The Bertz CT molecular complexity index is 1980. The van der Waals surface area contributed by atoms with Gasteiger partial charge in [0.05, 0.1) is 0 Å². The largest absolute Gasteiger partial charge is 0.0622 e. The molecule has 0 heterocycles. The highest BCUT2D eigenvalue weighted by Gasteiger charge is 2.47. The van der Waals surface area contributed by atoms with Gasteiger partial charge in [0.2, 0.25) is 0 Å². The molecular weight excluding hydrogens is 540 g/mol. The smallest absolute Gasteiger partial charge is 0.0358 e. The van der Waals surface area contributed by atoms with E-state index < -0.39 is 0 Å². The van der Waals surface area contributed by atoms with E-state index >= 15 is 0 Å². The molecular formula is C45H30. The van der Waals surface area contributed by atoms with Gasteiger partial charge in [-0.05, 0) is 83.5 Å². The zero-order valence-corrected chi connectivity index (χ0v) is 24.8. The van der Waals surface area contributed by atoms with Gasteiger partial charge in [-0.3, -0.25) is 0 Å². The van der Waals surface area contributed by atoms with Crippen molar-refractivity contribution in [3.8, 4) is 33.4 Å². The van der Waals surface area contributed by atoms with Gasteiger partial charge < -0.3 is 0 Å². The van der Waals surface area contributed by atoms with Crippen LogP contribution in [0.2, 0.25) is 0 Å². The van der Waals surface area contributed by atoms with Gasteiger partial charge >= 0.3 is 0 Å². The molecule has 3 aliphatic carbocycles. The van der Waals surface area contributed by atoms with Crippen molar-refractivity contribution in [2.75, 3.05) is 0 Å². The van der Waals surface area contributed by atoms with Crippen LogP contribution in [0, 0.1) is 0 Å². The average molecular weight is 571 g/mol. The highest BCUT2D eigenvalue weighted by molar-refractivity contribution is 6.04. The molecule has 0 spiro atoms. The van der Waals surface area contributed by atoms with Crippen molar-refractivity contribution in [2.24, 2.45) is 0 Å². The molecule has 0 N–H and O–H groups in total. The molecule has 0 fully saturated rings.